The van der Waals surface area contributed by atoms with E-state index < -0.39 is 5.97 Å². The fraction of sp³-hybridized carbons (Fsp3) is 0.786. The van der Waals surface area contributed by atoms with Gasteiger partial charge in [-0.2, -0.15) is 0 Å². The van der Waals surface area contributed by atoms with Crippen LogP contribution in [0.3, 0.4) is 0 Å². The van der Waals surface area contributed by atoms with Crippen molar-refractivity contribution in [2.45, 2.75) is 142 Å². The van der Waals surface area contributed by atoms with E-state index in [0.717, 1.165) is 18.4 Å². The fourth-order valence-electron chi connectivity index (χ4n) is 4.33. The van der Waals surface area contributed by atoms with Gasteiger partial charge in [0.05, 0.1) is 0 Å². The Kier molecular flexibility index (Phi) is 18.3. The van der Waals surface area contributed by atoms with Crippen LogP contribution in [0.15, 0.2) is 18.3 Å². The van der Waals surface area contributed by atoms with Crippen molar-refractivity contribution in [2.75, 3.05) is 0 Å². The summed E-state index contributed by atoms with van der Waals surface area (Å²) in [5.41, 5.74) is 1.25. The lowest BCUT2D eigenvalue weighted by Gasteiger charge is -2.04. The number of carboxylic acids is 1. The molecule has 0 bridgehead atoms. The molecule has 0 spiro atoms. The van der Waals surface area contributed by atoms with Crippen LogP contribution in [0.5, 0.6) is 0 Å². The molecule has 0 aromatic carbocycles. The lowest BCUT2D eigenvalue weighted by Crippen LogP contribution is -2.00. The minimum atomic E-state index is -0.939. The third-order valence-corrected chi connectivity index (χ3v) is 6.36. The standard InChI is InChI=1S/C28H49NO2/c1-2-3-4-5-6-7-8-9-10-11-12-13-14-15-16-17-18-19-20-21-22-26-23-24-29-27(25-26)28(30)31/h23-25H,2-22H2,1H3,(H,30,31). The molecule has 0 saturated heterocycles. The largest absolute Gasteiger partial charge is 0.477 e. The summed E-state index contributed by atoms with van der Waals surface area (Å²) >= 11 is 0. The summed E-state index contributed by atoms with van der Waals surface area (Å²) in [7, 11) is 0. The number of carbonyl (C=O) groups is 1. The van der Waals surface area contributed by atoms with Crippen molar-refractivity contribution in [2.24, 2.45) is 0 Å². The van der Waals surface area contributed by atoms with Crippen molar-refractivity contribution in [1.29, 1.82) is 0 Å². The van der Waals surface area contributed by atoms with Crippen molar-refractivity contribution in [3.8, 4) is 0 Å². The normalized spacial score (nSPS) is 11.1. The molecule has 1 heterocycles. The van der Waals surface area contributed by atoms with Crippen LogP contribution in [-0.4, -0.2) is 16.1 Å². The number of aromatic carboxylic acids is 1. The lowest BCUT2D eigenvalue weighted by molar-refractivity contribution is 0.0690. The highest BCUT2D eigenvalue weighted by Crippen LogP contribution is 2.15. The van der Waals surface area contributed by atoms with Gasteiger partial charge in [-0.25, -0.2) is 9.78 Å². The molecule has 31 heavy (non-hydrogen) atoms. The Morgan fingerprint density at radius 1 is 0.677 bits per heavy atom. The maximum Gasteiger partial charge on any atom is 0.354 e. The van der Waals surface area contributed by atoms with E-state index in [1.807, 2.05) is 6.07 Å². The first-order valence-electron chi connectivity index (χ1n) is 13.4. The SMILES string of the molecule is CCCCCCCCCCCCCCCCCCCCCCc1ccnc(C(=O)O)c1. The van der Waals surface area contributed by atoms with Crippen molar-refractivity contribution in [3.05, 3.63) is 29.6 Å². The van der Waals surface area contributed by atoms with Crippen LogP contribution in [0.2, 0.25) is 0 Å². The van der Waals surface area contributed by atoms with E-state index in [0.29, 0.717) is 0 Å². The molecule has 1 N–H and O–H groups in total. The first-order valence-corrected chi connectivity index (χ1v) is 13.4. The van der Waals surface area contributed by atoms with Crippen molar-refractivity contribution in [1.82, 2.24) is 4.98 Å². The van der Waals surface area contributed by atoms with E-state index in [9.17, 15) is 4.79 Å². The Balaban J connectivity index is 1.76. The van der Waals surface area contributed by atoms with Crippen molar-refractivity contribution in [3.63, 3.8) is 0 Å². The van der Waals surface area contributed by atoms with Gasteiger partial charge in [0.1, 0.15) is 5.69 Å². The monoisotopic (exact) mass is 431 g/mol. The van der Waals surface area contributed by atoms with Gasteiger partial charge >= 0.3 is 5.97 Å². The lowest BCUT2D eigenvalue weighted by atomic mass is 10.0. The van der Waals surface area contributed by atoms with Crippen LogP contribution < -0.4 is 0 Å². The Morgan fingerprint density at radius 3 is 1.45 bits per heavy atom. The molecule has 0 saturated carbocycles. The second kappa shape index (κ2) is 20.5. The van der Waals surface area contributed by atoms with Crippen LogP contribution in [0, 0.1) is 0 Å². The summed E-state index contributed by atoms with van der Waals surface area (Å²) < 4.78 is 0. The Hall–Kier alpha value is -1.38. The molecule has 1 aromatic rings. The average molecular weight is 432 g/mol. The van der Waals surface area contributed by atoms with Crippen molar-refractivity contribution >= 4 is 5.97 Å². The summed E-state index contributed by atoms with van der Waals surface area (Å²) in [5.74, 6) is -0.939. The molecule has 3 nitrogen and oxygen atoms in total. The van der Waals surface area contributed by atoms with Crippen LogP contribution >= 0.6 is 0 Å². The zero-order chi connectivity index (χ0) is 22.4. The third kappa shape index (κ3) is 16.9. The first kappa shape index (κ1) is 27.7. The van der Waals surface area contributed by atoms with Gasteiger partial charge in [-0.3, -0.25) is 0 Å². The molecule has 1 aromatic heterocycles. The van der Waals surface area contributed by atoms with E-state index in [4.69, 9.17) is 5.11 Å². The summed E-state index contributed by atoms with van der Waals surface area (Å²) in [6.45, 7) is 2.29. The van der Waals surface area contributed by atoms with E-state index in [1.165, 1.54) is 122 Å². The van der Waals surface area contributed by atoms with Crippen LogP contribution in [-0.2, 0) is 6.42 Å². The Bertz CT molecular complexity index is 544. The van der Waals surface area contributed by atoms with E-state index >= 15 is 0 Å². The Labute approximate surface area is 192 Å². The molecule has 0 atom stereocenters. The summed E-state index contributed by atoms with van der Waals surface area (Å²) in [5, 5.41) is 8.99. The highest BCUT2D eigenvalue weighted by Gasteiger charge is 2.04. The average Bonchev–Trinajstić information content (AvgIpc) is 2.78. The zero-order valence-electron chi connectivity index (χ0n) is 20.4. The van der Waals surface area contributed by atoms with Gasteiger partial charge in [-0.15, -0.1) is 0 Å². The topological polar surface area (TPSA) is 50.2 Å². The first-order chi connectivity index (χ1) is 15.2. The molecule has 0 amide bonds. The Morgan fingerprint density at radius 2 is 1.06 bits per heavy atom. The second-order valence-electron chi connectivity index (χ2n) is 9.32. The van der Waals surface area contributed by atoms with Gasteiger partial charge in [0, 0.05) is 6.20 Å². The number of aromatic nitrogens is 1. The summed E-state index contributed by atoms with van der Waals surface area (Å²) in [4.78, 5) is 14.8. The number of unbranched alkanes of at least 4 members (excludes halogenated alkanes) is 19. The van der Waals surface area contributed by atoms with Crippen LogP contribution in [0.1, 0.15) is 151 Å². The molecule has 178 valence electrons. The number of pyridine rings is 1. The van der Waals surface area contributed by atoms with Gasteiger partial charge in [0.25, 0.3) is 0 Å². The highest BCUT2D eigenvalue weighted by atomic mass is 16.4. The van der Waals surface area contributed by atoms with Gasteiger partial charge in [0.2, 0.25) is 0 Å². The predicted octanol–water partition coefficient (Wildman–Crippen LogP) is 9.14. The number of hydrogen-bond acceptors (Lipinski definition) is 2. The van der Waals surface area contributed by atoms with Gasteiger partial charge in [-0.1, -0.05) is 129 Å². The molecule has 0 aliphatic carbocycles. The second-order valence-corrected chi connectivity index (χ2v) is 9.32. The molecule has 3 heteroatoms. The molecule has 0 unspecified atom stereocenters. The minimum Gasteiger partial charge on any atom is -0.477 e. The maximum absolute atomic E-state index is 10.9. The molecular weight excluding hydrogens is 382 g/mol. The number of carboxylic acid groups (broad SMARTS) is 1. The number of aryl methyl sites for hydroxylation is 1. The quantitative estimate of drug-likeness (QED) is 0.186. The third-order valence-electron chi connectivity index (χ3n) is 6.36. The number of nitrogens with zero attached hydrogens (tertiary/aromatic N) is 1. The molecule has 1 rings (SSSR count). The molecule has 0 fully saturated rings. The smallest absolute Gasteiger partial charge is 0.354 e. The number of hydrogen-bond donors (Lipinski definition) is 1. The van der Waals surface area contributed by atoms with E-state index in [1.54, 1.807) is 12.3 Å². The van der Waals surface area contributed by atoms with Gasteiger partial charge < -0.3 is 5.11 Å². The highest BCUT2D eigenvalue weighted by molar-refractivity contribution is 5.85. The molecular formula is C28H49NO2. The number of rotatable bonds is 22. The van der Waals surface area contributed by atoms with Crippen LogP contribution in [0.4, 0.5) is 0 Å². The maximum atomic E-state index is 10.9. The molecule has 0 aliphatic rings. The zero-order valence-corrected chi connectivity index (χ0v) is 20.4. The minimum absolute atomic E-state index is 0.158. The molecule has 0 radical (unpaired) electrons. The van der Waals surface area contributed by atoms with Crippen molar-refractivity contribution < 1.29 is 9.90 Å². The summed E-state index contributed by atoms with van der Waals surface area (Å²) in [6.07, 6.45) is 30.5. The molecule has 0 aliphatic heterocycles. The fourth-order valence-corrected chi connectivity index (χ4v) is 4.33. The van der Waals surface area contributed by atoms with Gasteiger partial charge in [0.15, 0.2) is 0 Å². The van der Waals surface area contributed by atoms with E-state index in [2.05, 4.69) is 11.9 Å². The summed E-state index contributed by atoms with van der Waals surface area (Å²) in [6, 6.07) is 3.64. The van der Waals surface area contributed by atoms with Gasteiger partial charge in [-0.05, 0) is 30.5 Å². The predicted molar refractivity (Wildman–Crippen MR) is 133 cm³/mol. The van der Waals surface area contributed by atoms with E-state index in [-0.39, 0.29) is 5.69 Å². The van der Waals surface area contributed by atoms with Crippen LogP contribution in [0.25, 0.3) is 0 Å².